The molecule has 1 rings (SSSR count). The Morgan fingerprint density at radius 3 is 2.87 bits per heavy atom. The number of H-pyrrole nitrogens is 1. The van der Waals surface area contributed by atoms with Gasteiger partial charge in [0.15, 0.2) is 0 Å². The minimum absolute atomic E-state index is 0.563. The monoisotopic (exact) mass is 210 g/mol. The van der Waals surface area contributed by atoms with Gasteiger partial charge >= 0.3 is 5.97 Å². The van der Waals surface area contributed by atoms with Crippen LogP contribution in [0.3, 0.4) is 0 Å². The summed E-state index contributed by atoms with van der Waals surface area (Å²) in [6, 6.07) is 3.06. The molecule has 15 heavy (non-hydrogen) atoms. The molecule has 84 valence electrons. The van der Waals surface area contributed by atoms with E-state index in [0.29, 0.717) is 0 Å². The number of aromatic nitrogens is 1. The second kappa shape index (κ2) is 5.56. The molecular weight excluding hydrogens is 192 g/mol. The number of aliphatic carboxylic acids is 1. The van der Waals surface area contributed by atoms with E-state index in [2.05, 4.69) is 11.9 Å². The van der Waals surface area contributed by atoms with E-state index in [1.165, 1.54) is 0 Å². The number of nitrogens with zero attached hydrogens (tertiary/aromatic N) is 1. The summed E-state index contributed by atoms with van der Waals surface area (Å²) in [5.41, 5.74) is 0.737. The first-order valence-electron chi connectivity index (χ1n) is 5.23. The van der Waals surface area contributed by atoms with Crippen molar-refractivity contribution >= 4 is 5.97 Å². The molecule has 1 aromatic heterocycles. The van der Waals surface area contributed by atoms with Crippen LogP contribution in [0.25, 0.3) is 0 Å². The Labute approximate surface area is 89.9 Å². The minimum atomic E-state index is -0.809. The molecular formula is C11H18N2O2. The van der Waals surface area contributed by atoms with Crippen molar-refractivity contribution < 1.29 is 9.90 Å². The highest BCUT2D eigenvalue weighted by atomic mass is 16.4. The van der Waals surface area contributed by atoms with Crippen LogP contribution in [0.15, 0.2) is 18.3 Å². The van der Waals surface area contributed by atoms with Crippen molar-refractivity contribution in [1.29, 1.82) is 0 Å². The van der Waals surface area contributed by atoms with Gasteiger partial charge in [0.05, 0.1) is 0 Å². The van der Waals surface area contributed by atoms with Gasteiger partial charge in [-0.15, -0.1) is 0 Å². The van der Waals surface area contributed by atoms with Crippen LogP contribution in [0.5, 0.6) is 0 Å². The molecule has 0 aromatic carbocycles. The Morgan fingerprint density at radius 1 is 1.67 bits per heavy atom. The molecule has 1 unspecified atom stereocenters. The van der Waals surface area contributed by atoms with E-state index in [0.717, 1.165) is 25.1 Å². The Kier molecular flexibility index (Phi) is 4.37. The molecule has 0 radical (unpaired) electrons. The third kappa shape index (κ3) is 3.09. The van der Waals surface area contributed by atoms with Crippen LogP contribution in [-0.4, -0.2) is 34.6 Å². The average molecular weight is 210 g/mol. The molecule has 0 saturated carbocycles. The van der Waals surface area contributed by atoms with Crippen LogP contribution >= 0.6 is 0 Å². The third-order valence-corrected chi connectivity index (χ3v) is 2.46. The Hall–Kier alpha value is -1.29. The Bertz CT molecular complexity index is 296. The lowest BCUT2D eigenvalue weighted by molar-refractivity contribution is -0.143. The second-order valence-corrected chi connectivity index (χ2v) is 3.70. The van der Waals surface area contributed by atoms with Crippen molar-refractivity contribution in [2.24, 2.45) is 0 Å². The molecule has 1 aromatic rings. The van der Waals surface area contributed by atoms with Crippen LogP contribution in [-0.2, 0) is 4.79 Å². The summed E-state index contributed by atoms with van der Waals surface area (Å²) in [7, 11) is 1.84. The van der Waals surface area contributed by atoms with Gasteiger partial charge in [-0.05, 0) is 32.1 Å². The highest BCUT2D eigenvalue weighted by molar-refractivity contribution is 5.74. The van der Waals surface area contributed by atoms with Crippen molar-refractivity contribution in [3.05, 3.63) is 24.0 Å². The maximum Gasteiger partial charge on any atom is 0.327 e. The summed E-state index contributed by atoms with van der Waals surface area (Å²) in [6.07, 6.45) is 3.83. The van der Waals surface area contributed by atoms with Crippen LogP contribution < -0.4 is 0 Å². The van der Waals surface area contributed by atoms with Crippen molar-refractivity contribution in [3.63, 3.8) is 0 Å². The van der Waals surface area contributed by atoms with Crippen LogP contribution in [0, 0.1) is 0 Å². The van der Waals surface area contributed by atoms with Gasteiger partial charge < -0.3 is 10.1 Å². The lowest BCUT2D eigenvalue weighted by atomic mass is 10.1. The van der Waals surface area contributed by atoms with Crippen LogP contribution in [0.2, 0.25) is 0 Å². The maximum absolute atomic E-state index is 11.1. The summed E-state index contributed by atoms with van der Waals surface area (Å²) in [5.74, 6) is -0.809. The average Bonchev–Trinajstić information content (AvgIpc) is 2.67. The third-order valence-electron chi connectivity index (χ3n) is 2.46. The number of rotatable bonds is 6. The first-order valence-corrected chi connectivity index (χ1v) is 5.23. The van der Waals surface area contributed by atoms with Crippen molar-refractivity contribution in [2.45, 2.75) is 25.8 Å². The van der Waals surface area contributed by atoms with Crippen molar-refractivity contribution in [3.8, 4) is 0 Å². The van der Waals surface area contributed by atoms with Gasteiger partial charge in [0, 0.05) is 11.9 Å². The number of likely N-dealkylation sites (N-methyl/N-ethyl adjacent to an activating group) is 1. The van der Waals surface area contributed by atoms with Crippen molar-refractivity contribution in [1.82, 2.24) is 9.88 Å². The lowest BCUT2D eigenvalue weighted by Crippen LogP contribution is -2.31. The van der Waals surface area contributed by atoms with Gasteiger partial charge in [0.25, 0.3) is 0 Å². The molecule has 1 atom stereocenters. The molecule has 0 fully saturated rings. The summed E-state index contributed by atoms with van der Waals surface area (Å²) >= 11 is 0. The molecule has 0 aliphatic rings. The van der Waals surface area contributed by atoms with Gasteiger partial charge in [-0.2, -0.15) is 0 Å². The lowest BCUT2D eigenvalue weighted by Gasteiger charge is -2.23. The molecule has 4 heteroatoms. The van der Waals surface area contributed by atoms with Gasteiger partial charge in [-0.1, -0.05) is 13.3 Å². The number of hydrogen-bond acceptors (Lipinski definition) is 2. The number of carboxylic acids is 1. The van der Waals surface area contributed by atoms with E-state index in [9.17, 15) is 4.79 Å². The number of carboxylic acid groups (broad SMARTS) is 1. The highest BCUT2D eigenvalue weighted by Crippen LogP contribution is 2.18. The summed E-state index contributed by atoms with van der Waals surface area (Å²) in [5, 5.41) is 9.15. The Balaban J connectivity index is 2.70. The molecule has 0 aliphatic carbocycles. The van der Waals surface area contributed by atoms with E-state index in [1.807, 2.05) is 18.0 Å². The van der Waals surface area contributed by atoms with Gasteiger partial charge in [0.2, 0.25) is 0 Å². The molecule has 0 saturated heterocycles. The van der Waals surface area contributed by atoms with Crippen molar-refractivity contribution in [2.75, 3.05) is 13.6 Å². The maximum atomic E-state index is 11.1. The molecule has 2 N–H and O–H groups in total. The van der Waals surface area contributed by atoms with Crippen LogP contribution in [0.4, 0.5) is 0 Å². The number of hydrogen-bond donors (Lipinski definition) is 2. The second-order valence-electron chi connectivity index (χ2n) is 3.70. The zero-order valence-corrected chi connectivity index (χ0v) is 9.23. The summed E-state index contributed by atoms with van der Waals surface area (Å²) < 4.78 is 0. The zero-order valence-electron chi connectivity index (χ0n) is 9.23. The van der Waals surface area contributed by atoms with E-state index in [1.54, 1.807) is 12.3 Å². The number of aromatic amines is 1. The topological polar surface area (TPSA) is 56.3 Å². The quantitative estimate of drug-likeness (QED) is 0.753. The van der Waals surface area contributed by atoms with Gasteiger partial charge in [-0.25, -0.2) is 0 Å². The summed E-state index contributed by atoms with van der Waals surface area (Å²) in [6.45, 7) is 2.89. The number of nitrogens with one attached hydrogen (secondary N) is 1. The van der Waals surface area contributed by atoms with Gasteiger partial charge in [0.1, 0.15) is 6.04 Å². The standard InChI is InChI=1S/C11H18N2O2/c1-3-4-8-13(2)10(11(14)15)9-6-5-7-12-9/h5-7,10,12H,3-4,8H2,1-2H3,(H,14,15). The van der Waals surface area contributed by atoms with E-state index < -0.39 is 12.0 Å². The Morgan fingerprint density at radius 2 is 2.40 bits per heavy atom. The fourth-order valence-corrected chi connectivity index (χ4v) is 1.61. The highest BCUT2D eigenvalue weighted by Gasteiger charge is 2.24. The molecule has 0 amide bonds. The van der Waals surface area contributed by atoms with E-state index >= 15 is 0 Å². The zero-order chi connectivity index (χ0) is 11.3. The number of unbranched alkanes of at least 4 members (excludes halogenated alkanes) is 1. The first-order chi connectivity index (χ1) is 7.16. The van der Waals surface area contributed by atoms with Gasteiger partial charge in [-0.3, -0.25) is 9.69 Å². The smallest absolute Gasteiger partial charge is 0.327 e. The fourth-order valence-electron chi connectivity index (χ4n) is 1.61. The molecule has 0 aliphatic heterocycles. The first kappa shape index (κ1) is 11.8. The normalized spacial score (nSPS) is 13.0. The molecule has 4 nitrogen and oxygen atoms in total. The van der Waals surface area contributed by atoms with Crippen LogP contribution in [0.1, 0.15) is 31.5 Å². The largest absolute Gasteiger partial charge is 0.480 e. The number of carbonyl (C=O) groups is 1. The molecule has 0 bridgehead atoms. The molecule has 0 spiro atoms. The van der Waals surface area contributed by atoms with E-state index in [4.69, 9.17) is 5.11 Å². The predicted molar refractivity (Wildman–Crippen MR) is 58.7 cm³/mol. The minimum Gasteiger partial charge on any atom is -0.480 e. The van der Waals surface area contributed by atoms with E-state index in [-0.39, 0.29) is 0 Å². The molecule has 1 heterocycles. The predicted octanol–water partition coefficient (Wildman–Crippen LogP) is 1.87. The SMILES string of the molecule is CCCCN(C)C(C(=O)O)c1ccc[nH]1. The fraction of sp³-hybridized carbons (Fsp3) is 0.545. The summed E-state index contributed by atoms with van der Waals surface area (Å²) in [4.78, 5) is 16.0.